The first-order valence-corrected chi connectivity index (χ1v) is 18.8. The number of nitrogens with two attached hydrogens (primary N) is 1. The van der Waals surface area contributed by atoms with Crippen LogP contribution in [0.4, 0.5) is 14.6 Å². The third-order valence-corrected chi connectivity index (χ3v) is 9.64. The van der Waals surface area contributed by atoms with Crippen molar-refractivity contribution < 1.29 is 32.6 Å². The summed E-state index contributed by atoms with van der Waals surface area (Å²) in [4.78, 5) is 29.2. The predicted octanol–water partition coefficient (Wildman–Crippen LogP) is 5.72. The fourth-order valence-electron chi connectivity index (χ4n) is 5.55. The first kappa shape index (κ1) is 34.6. The number of benzene rings is 3. The van der Waals surface area contributed by atoms with Crippen LogP contribution < -0.4 is 10.5 Å². The topological polar surface area (TPSA) is 138 Å². The number of hydrogen-bond acceptors (Lipinski definition) is 8. The molecule has 0 unspecified atom stereocenters. The van der Waals surface area contributed by atoms with Crippen molar-refractivity contribution in [3.63, 3.8) is 0 Å². The predicted molar refractivity (Wildman–Crippen MR) is 187 cm³/mol. The zero-order valence-corrected chi connectivity index (χ0v) is 28.6. The maximum atomic E-state index is 14.2. The van der Waals surface area contributed by atoms with E-state index in [-0.39, 0.29) is 52.5 Å². The Balaban J connectivity index is 1.32. The van der Waals surface area contributed by atoms with E-state index in [4.69, 9.17) is 19.9 Å². The van der Waals surface area contributed by atoms with E-state index in [1.807, 2.05) is 12.1 Å². The van der Waals surface area contributed by atoms with Gasteiger partial charge in [0.05, 0.1) is 54.0 Å². The summed E-state index contributed by atoms with van der Waals surface area (Å²) in [5.41, 5.74) is 8.39. The Labute approximate surface area is 289 Å². The van der Waals surface area contributed by atoms with Gasteiger partial charge in [-0.05, 0) is 67.3 Å². The minimum Gasteiger partial charge on any atom is -0.454 e. The third-order valence-electron chi connectivity index (χ3n) is 8.25. The van der Waals surface area contributed by atoms with Crippen LogP contribution in [-0.2, 0) is 16.2 Å². The lowest BCUT2D eigenvalue weighted by Gasteiger charge is -2.26. The number of amides is 1. The lowest BCUT2D eigenvalue weighted by atomic mass is 10.1. The number of fused-ring (bicyclic) bond motifs is 1. The molecule has 0 spiro atoms. The number of halogens is 2. The summed E-state index contributed by atoms with van der Waals surface area (Å²) >= 11 is 0. The monoisotopic (exact) mass is 702 g/mol. The van der Waals surface area contributed by atoms with E-state index in [1.165, 1.54) is 41.2 Å². The molecular formula is C36H36F2N6O5S. The van der Waals surface area contributed by atoms with E-state index in [9.17, 15) is 23.6 Å². The van der Waals surface area contributed by atoms with Gasteiger partial charge in [0.25, 0.3) is 5.91 Å². The van der Waals surface area contributed by atoms with Gasteiger partial charge in [-0.15, -0.1) is 0 Å². The number of nitriles is 1. The van der Waals surface area contributed by atoms with Crippen LogP contribution in [0.5, 0.6) is 11.5 Å². The zero-order valence-electron chi connectivity index (χ0n) is 27.8. The van der Waals surface area contributed by atoms with Crippen LogP contribution >= 0.6 is 10.0 Å². The lowest BCUT2D eigenvalue weighted by molar-refractivity contribution is 0.0303. The van der Waals surface area contributed by atoms with E-state index in [0.29, 0.717) is 49.4 Å². The standard InChI is InChI=1S/C36H36F2N6O5S/c1-50(2,3)16-15-48-22-43-29-9-7-23(36(46)42-11-13-47-14-12-42)17-24(29)19-31(43)34(45)27-21-41-44(35(27)40)30-10-8-26(18-25(30)20-39)49-32-6-4-5-28(37)33(32)38/h4-10,17-19,21H,11-16,22,40H2,1-3H3. The maximum absolute atomic E-state index is 14.2. The summed E-state index contributed by atoms with van der Waals surface area (Å²) in [5, 5.41) is 14.9. The van der Waals surface area contributed by atoms with E-state index in [1.54, 1.807) is 27.7 Å². The number of nitrogen functional groups attached to an aromatic ring is 1. The molecule has 5 aromatic rings. The van der Waals surface area contributed by atoms with Crippen molar-refractivity contribution in [2.45, 2.75) is 6.73 Å². The lowest BCUT2D eigenvalue weighted by Crippen LogP contribution is -2.40. The van der Waals surface area contributed by atoms with Gasteiger partial charge in [0.2, 0.25) is 11.6 Å². The van der Waals surface area contributed by atoms with Crippen molar-refractivity contribution in [2.75, 3.05) is 63.2 Å². The normalized spacial score (nSPS) is 13.7. The molecule has 260 valence electrons. The number of aromatic nitrogens is 3. The minimum atomic E-state index is -1.16. The summed E-state index contributed by atoms with van der Waals surface area (Å²) in [6.07, 6.45) is 7.93. The zero-order chi connectivity index (χ0) is 35.6. The van der Waals surface area contributed by atoms with E-state index in [0.717, 1.165) is 11.8 Å². The Kier molecular flexibility index (Phi) is 9.92. The molecule has 6 rings (SSSR count). The number of morpholine rings is 1. The number of carbonyl (C=O) groups is 2. The number of rotatable bonds is 11. The van der Waals surface area contributed by atoms with Gasteiger partial charge in [0.1, 0.15) is 24.4 Å². The van der Waals surface area contributed by atoms with Gasteiger partial charge in [-0.25, -0.2) is 19.1 Å². The molecule has 1 amide bonds. The second-order valence-electron chi connectivity index (χ2n) is 12.6. The summed E-state index contributed by atoms with van der Waals surface area (Å²) in [7, 11) is -0.803. The molecule has 1 aliphatic heterocycles. The highest BCUT2D eigenvalue weighted by atomic mass is 32.3. The van der Waals surface area contributed by atoms with Crippen molar-refractivity contribution in [3.8, 4) is 23.3 Å². The molecule has 14 heteroatoms. The van der Waals surface area contributed by atoms with Gasteiger partial charge in [-0.1, -0.05) is 6.07 Å². The number of carbonyl (C=O) groups excluding carboxylic acids is 2. The van der Waals surface area contributed by atoms with Crippen LogP contribution in [0.25, 0.3) is 16.6 Å². The molecule has 50 heavy (non-hydrogen) atoms. The molecule has 0 radical (unpaired) electrons. The number of anilines is 1. The van der Waals surface area contributed by atoms with Crippen LogP contribution in [0.15, 0.2) is 66.9 Å². The average Bonchev–Trinajstić information content (AvgIpc) is 3.67. The molecule has 0 atom stereocenters. The summed E-state index contributed by atoms with van der Waals surface area (Å²) in [5.74, 6) is -2.17. The number of nitrogens with zero attached hydrogens (tertiary/aromatic N) is 5. The summed E-state index contributed by atoms with van der Waals surface area (Å²) < 4.78 is 47.8. The molecule has 0 aliphatic carbocycles. The number of ketones is 1. The van der Waals surface area contributed by atoms with Gasteiger partial charge >= 0.3 is 0 Å². The molecule has 0 saturated carbocycles. The van der Waals surface area contributed by atoms with E-state index >= 15 is 0 Å². The summed E-state index contributed by atoms with van der Waals surface area (Å²) in [6, 6.07) is 16.9. The Morgan fingerprint density at radius 1 is 1.06 bits per heavy atom. The van der Waals surface area contributed by atoms with Crippen molar-refractivity contribution in [1.82, 2.24) is 19.2 Å². The highest BCUT2D eigenvalue weighted by Crippen LogP contribution is 2.34. The van der Waals surface area contributed by atoms with Gasteiger partial charge < -0.3 is 29.4 Å². The first-order valence-electron chi connectivity index (χ1n) is 15.7. The quantitative estimate of drug-likeness (QED) is 0.136. The maximum Gasteiger partial charge on any atom is 0.254 e. The van der Waals surface area contributed by atoms with Crippen molar-refractivity contribution in [2.24, 2.45) is 0 Å². The second kappa shape index (κ2) is 14.3. The van der Waals surface area contributed by atoms with Gasteiger partial charge in [0, 0.05) is 35.9 Å². The van der Waals surface area contributed by atoms with E-state index < -0.39 is 27.4 Å². The molecule has 1 saturated heterocycles. The highest BCUT2D eigenvalue weighted by Gasteiger charge is 2.25. The Bertz CT molecular complexity index is 2130. The average molecular weight is 703 g/mol. The Morgan fingerprint density at radius 3 is 2.58 bits per heavy atom. The minimum absolute atomic E-state index is 0.0198. The SMILES string of the molecule is CS(C)(C)CCOCn1c(C(=O)c2cnn(-c3ccc(Oc4cccc(F)c4F)cc3C#N)c2N)cc2cc(C(=O)N3CCOCC3)ccc21. The molecule has 11 nitrogen and oxygen atoms in total. The molecule has 0 bridgehead atoms. The van der Waals surface area contributed by atoms with Gasteiger partial charge in [-0.2, -0.15) is 14.8 Å². The molecule has 3 heterocycles. The molecule has 1 aliphatic rings. The van der Waals surface area contributed by atoms with Crippen molar-refractivity contribution in [3.05, 3.63) is 101 Å². The van der Waals surface area contributed by atoms with E-state index in [2.05, 4.69) is 23.9 Å². The molecular weight excluding hydrogens is 666 g/mol. The fraction of sp³-hybridized carbons (Fsp3) is 0.278. The second-order valence-corrected chi connectivity index (χ2v) is 17.2. The largest absolute Gasteiger partial charge is 0.454 e. The Morgan fingerprint density at radius 2 is 1.84 bits per heavy atom. The van der Waals surface area contributed by atoms with Crippen LogP contribution in [0.1, 0.15) is 32.0 Å². The van der Waals surface area contributed by atoms with Crippen LogP contribution in [0.2, 0.25) is 0 Å². The van der Waals surface area contributed by atoms with Crippen molar-refractivity contribution in [1.29, 1.82) is 5.26 Å². The molecule has 3 aromatic carbocycles. The van der Waals surface area contributed by atoms with Gasteiger partial charge in [0.15, 0.2) is 11.6 Å². The smallest absolute Gasteiger partial charge is 0.254 e. The molecule has 1 fully saturated rings. The highest BCUT2D eigenvalue weighted by molar-refractivity contribution is 8.32. The van der Waals surface area contributed by atoms with Gasteiger partial charge in [-0.3, -0.25) is 9.59 Å². The number of hydrogen-bond donors (Lipinski definition) is 1. The third kappa shape index (κ3) is 7.20. The van der Waals surface area contributed by atoms with Crippen LogP contribution in [0, 0.1) is 23.0 Å². The molecule has 2 N–H and O–H groups in total. The van der Waals surface area contributed by atoms with Crippen LogP contribution in [-0.4, -0.2) is 88.4 Å². The summed E-state index contributed by atoms with van der Waals surface area (Å²) in [6.45, 7) is 2.56. The first-order chi connectivity index (χ1) is 23.9. The Hall–Kier alpha value is -5.23. The number of ether oxygens (including phenoxy) is 3. The fourth-order valence-corrected chi connectivity index (χ4v) is 6.17. The van der Waals surface area contributed by atoms with Crippen LogP contribution in [0.3, 0.4) is 0 Å². The molecule has 2 aromatic heterocycles. The van der Waals surface area contributed by atoms with Crippen molar-refractivity contribution >= 4 is 38.4 Å².